The van der Waals surface area contributed by atoms with Crippen LogP contribution in [0.25, 0.3) is 11.3 Å². The van der Waals surface area contributed by atoms with Crippen LogP contribution in [0.2, 0.25) is 0 Å². The van der Waals surface area contributed by atoms with E-state index in [-0.39, 0.29) is 11.8 Å². The van der Waals surface area contributed by atoms with Crippen molar-refractivity contribution in [1.82, 2.24) is 4.98 Å². The molecule has 5 heteroatoms. The lowest BCUT2D eigenvalue weighted by atomic mass is 10.1. The number of aromatic nitrogens is 1. The van der Waals surface area contributed by atoms with Crippen LogP contribution in [-0.2, 0) is 4.74 Å². The summed E-state index contributed by atoms with van der Waals surface area (Å²) in [6.45, 7) is 3.82. The fourth-order valence-electron chi connectivity index (χ4n) is 1.83. The highest BCUT2D eigenvalue weighted by Gasteiger charge is 2.13. The largest absolute Gasteiger partial charge is 0.462 e. The average molecular weight is 338 g/mol. The Kier molecular flexibility index (Phi) is 4.49. The molecule has 2 aromatic rings. The number of nitrogens with zero attached hydrogens (tertiary/aromatic N) is 1. The molecule has 0 amide bonds. The van der Waals surface area contributed by atoms with Crippen LogP contribution in [0.3, 0.4) is 0 Å². The Morgan fingerprint density at radius 3 is 2.70 bits per heavy atom. The van der Waals surface area contributed by atoms with Crippen molar-refractivity contribution >= 4 is 21.9 Å². The van der Waals surface area contributed by atoms with E-state index in [0.717, 1.165) is 5.56 Å². The highest BCUT2D eigenvalue weighted by atomic mass is 79.9. The number of rotatable bonds is 3. The minimum absolute atomic E-state index is 0.319. The molecule has 0 spiro atoms. The van der Waals surface area contributed by atoms with Gasteiger partial charge in [0, 0.05) is 10.0 Å². The van der Waals surface area contributed by atoms with Crippen molar-refractivity contribution < 1.29 is 13.9 Å². The number of carbonyl (C=O) groups is 1. The van der Waals surface area contributed by atoms with Crippen LogP contribution in [0.1, 0.15) is 23.0 Å². The number of halogens is 2. The minimum Gasteiger partial charge on any atom is -0.462 e. The zero-order valence-electron chi connectivity index (χ0n) is 11.1. The Morgan fingerprint density at radius 1 is 1.35 bits per heavy atom. The molecular formula is C15H13BrFNO2. The van der Waals surface area contributed by atoms with E-state index in [1.807, 2.05) is 0 Å². The monoisotopic (exact) mass is 337 g/mol. The molecule has 0 saturated carbocycles. The smallest absolute Gasteiger partial charge is 0.339 e. The molecule has 0 bridgehead atoms. The van der Waals surface area contributed by atoms with Crippen LogP contribution >= 0.6 is 15.9 Å². The third kappa shape index (κ3) is 3.04. The van der Waals surface area contributed by atoms with E-state index >= 15 is 0 Å². The van der Waals surface area contributed by atoms with Gasteiger partial charge in [0.15, 0.2) is 0 Å². The van der Waals surface area contributed by atoms with Crippen LogP contribution in [0, 0.1) is 12.7 Å². The number of benzene rings is 1. The summed E-state index contributed by atoms with van der Waals surface area (Å²) in [5.41, 5.74) is 2.46. The number of aryl methyl sites for hydroxylation is 1. The molecule has 0 radical (unpaired) electrons. The van der Waals surface area contributed by atoms with Gasteiger partial charge in [-0.2, -0.15) is 0 Å². The Labute approximate surface area is 124 Å². The van der Waals surface area contributed by atoms with Crippen molar-refractivity contribution in [2.24, 2.45) is 0 Å². The summed E-state index contributed by atoms with van der Waals surface area (Å²) >= 11 is 3.31. The molecule has 0 unspecified atom stereocenters. The highest BCUT2D eigenvalue weighted by Crippen LogP contribution is 2.28. The number of hydrogen-bond donors (Lipinski definition) is 0. The molecule has 2 rings (SSSR count). The van der Waals surface area contributed by atoms with Crippen LogP contribution in [0.15, 0.2) is 34.8 Å². The Bertz CT molecular complexity index is 658. The van der Waals surface area contributed by atoms with Gasteiger partial charge < -0.3 is 4.74 Å². The van der Waals surface area contributed by atoms with E-state index in [2.05, 4.69) is 20.9 Å². The van der Waals surface area contributed by atoms with Crippen LogP contribution in [0.5, 0.6) is 0 Å². The van der Waals surface area contributed by atoms with Gasteiger partial charge in [-0.3, -0.25) is 4.98 Å². The maximum atomic E-state index is 13.1. The molecule has 3 nitrogen and oxygen atoms in total. The highest BCUT2D eigenvalue weighted by molar-refractivity contribution is 9.10. The molecule has 0 aliphatic rings. The van der Waals surface area contributed by atoms with E-state index in [9.17, 15) is 9.18 Å². The first-order valence-electron chi connectivity index (χ1n) is 6.13. The summed E-state index contributed by atoms with van der Waals surface area (Å²) in [5.74, 6) is -0.706. The summed E-state index contributed by atoms with van der Waals surface area (Å²) in [4.78, 5) is 16.1. The van der Waals surface area contributed by atoms with Crippen molar-refractivity contribution in [3.8, 4) is 11.3 Å². The van der Waals surface area contributed by atoms with Gasteiger partial charge in [0.25, 0.3) is 0 Å². The summed E-state index contributed by atoms with van der Waals surface area (Å²) in [7, 11) is 0. The maximum Gasteiger partial charge on any atom is 0.339 e. The number of ether oxygens (including phenoxy) is 1. The van der Waals surface area contributed by atoms with Gasteiger partial charge in [0.05, 0.1) is 23.6 Å². The topological polar surface area (TPSA) is 39.2 Å². The molecule has 0 aliphatic heterocycles. The molecule has 0 N–H and O–H groups in total. The first-order chi connectivity index (χ1) is 9.52. The van der Waals surface area contributed by atoms with Gasteiger partial charge in [-0.25, -0.2) is 9.18 Å². The van der Waals surface area contributed by atoms with Crippen molar-refractivity contribution in [3.05, 3.63) is 51.9 Å². The lowest BCUT2D eigenvalue weighted by Gasteiger charge is -2.08. The molecule has 20 heavy (non-hydrogen) atoms. The van der Waals surface area contributed by atoms with E-state index in [0.29, 0.717) is 28.0 Å². The third-order valence-electron chi connectivity index (χ3n) is 2.79. The maximum absolute atomic E-state index is 13.1. The molecule has 1 heterocycles. The Morgan fingerprint density at radius 2 is 2.10 bits per heavy atom. The van der Waals surface area contributed by atoms with E-state index < -0.39 is 0 Å². The van der Waals surface area contributed by atoms with Crippen LogP contribution in [0.4, 0.5) is 4.39 Å². The van der Waals surface area contributed by atoms with Gasteiger partial charge in [-0.15, -0.1) is 0 Å². The van der Waals surface area contributed by atoms with Gasteiger partial charge in [0.1, 0.15) is 5.82 Å². The predicted molar refractivity (Wildman–Crippen MR) is 78.0 cm³/mol. The van der Waals surface area contributed by atoms with Gasteiger partial charge in [0.2, 0.25) is 0 Å². The molecule has 1 aromatic heterocycles. The Hall–Kier alpha value is -1.75. The second kappa shape index (κ2) is 6.13. The zero-order chi connectivity index (χ0) is 14.7. The molecule has 0 saturated heterocycles. The summed E-state index contributed by atoms with van der Waals surface area (Å²) in [5, 5.41) is 0. The number of carbonyl (C=O) groups excluding carboxylic acids is 1. The first-order valence-corrected chi connectivity index (χ1v) is 6.92. The number of esters is 1. The Balaban J connectivity index is 2.40. The fraction of sp³-hybridized carbons (Fsp3) is 0.200. The van der Waals surface area contributed by atoms with E-state index in [1.165, 1.54) is 12.1 Å². The summed E-state index contributed by atoms with van der Waals surface area (Å²) in [6, 6.07) is 7.79. The zero-order valence-corrected chi connectivity index (χ0v) is 12.7. The van der Waals surface area contributed by atoms with Crippen molar-refractivity contribution in [2.45, 2.75) is 13.8 Å². The van der Waals surface area contributed by atoms with E-state index in [1.54, 1.807) is 32.0 Å². The molecule has 104 valence electrons. The van der Waals surface area contributed by atoms with Crippen molar-refractivity contribution in [2.75, 3.05) is 6.61 Å². The normalized spacial score (nSPS) is 10.4. The second-order valence-electron chi connectivity index (χ2n) is 4.17. The molecule has 1 aromatic carbocycles. The average Bonchev–Trinajstić information content (AvgIpc) is 2.38. The van der Waals surface area contributed by atoms with Crippen molar-refractivity contribution in [1.29, 1.82) is 0 Å². The lowest BCUT2D eigenvalue weighted by molar-refractivity contribution is 0.0525. The minimum atomic E-state index is -0.387. The molecule has 0 fully saturated rings. The molecule has 0 aliphatic carbocycles. The van der Waals surface area contributed by atoms with Crippen LogP contribution in [-0.4, -0.2) is 17.6 Å². The quantitative estimate of drug-likeness (QED) is 0.790. The first kappa shape index (κ1) is 14.7. The van der Waals surface area contributed by atoms with Crippen molar-refractivity contribution in [3.63, 3.8) is 0 Å². The standard InChI is InChI=1S/C15H13BrFNO2/c1-3-20-15(19)11-6-7-14(18-9(11)2)12-5-4-10(17)8-13(12)16/h4-8H,3H2,1-2H3. The molecular weight excluding hydrogens is 325 g/mol. The summed E-state index contributed by atoms with van der Waals surface area (Å²) < 4.78 is 18.7. The predicted octanol–water partition coefficient (Wildman–Crippen LogP) is 4.14. The number of hydrogen-bond acceptors (Lipinski definition) is 3. The van der Waals surface area contributed by atoms with Gasteiger partial charge >= 0.3 is 5.97 Å². The SMILES string of the molecule is CCOC(=O)c1ccc(-c2ccc(F)cc2Br)nc1C. The van der Waals surface area contributed by atoms with Gasteiger partial charge in [-0.1, -0.05) is 0 Å². The van der Waals surface area contributed by atoms with Gasteiger partial charge in [-0.05, 0) is 60.1 Å². The lowest BCUT2D eigenvalue weighted by Crippen LogP contribution is -2.08. The second-order valence-corrected chi connectivity index (χ2v) is 5.03. The third-order valence-corrected chi connectivity index (χ3v) is 3.44. The summed E-state index contributed by atoms with van der Waals surface area (Å²) in [6.07, 6.45) is 0. The number of pyridine rings is 1. The fourth-order valence-corrected chi connectivity index (χ4v) is 2.39. The van der Waals surface area contributed by atoms with Crippen LogP contribution < -0.4 is 0 Å². The van der Waals surface area contributed by atoms with E-state index in [4.69, 9.17) is 4.74 Å². The molecule has 0 atom stereocenters.